The van der Waals surface area contributed by atoms with Crippen molar-refractivity contribution < 1.29 is 9.53 Å². The number of nitrogens with one attached hydrogen (secondary N) is 1. The van der Waals surface area contributed by atoms with E-state index in [1.165, 1.54) is 0 Å². The summed E-state index contributed by atoms with van der Waals surface area (Å²) in [4.78, 5) is 14.9. The molecule has 1 N–H and O–H groups in total. The number of Topliss-reactive ketones (excluding diaryl/α,β-unsaturated/α-hetero) is 1. The maximum atomic E-state index is 12.6. The Labute approximate surface area is 116 Å². The molecule has 19 heavy (non-hydrogen) atoms. The Hall–Kier alpha value is -0.450. The summed E-state index contributed by atoms with van der Waals surface area (Å²) in [5, 5.41) is 3.37. The zero-order valence-electron chi connectivity index (χ0n) is 12.8. The zero-order chi connectivity index (χ0) is 14.1. The minimum Gasteiger partial charge on any atom is -0.369 e. The van der Waals surface area contributed by atoms with Crippen LogP contribution in [0.15, 0.2) is 0 Å². The van der Waals surface area contributed by atoms with Crippen molar-refractivity contribution >= 4 is 5.78 Å². The average Bonchev–Trinajstić information content (AvgIpc) is 2.45. The van der Waals surface area contributed by atoms with E-state index in [0.717, 1.165) is 39.0 Å². The lowest BCUT2D eigenvalue weighted by atomic mass is 9.84. The molecule has 0 spiro atoms. The summed E-state index contributed by atoms with van der Waals surface area (Å²) in [5.41, 5.74) is -0.505. The van der Waals surface area contributed by atoms with Gasteiger partial charge in [-0.15, -0.1) is 0 Å². The van der Waals surface area contributed by atoms with Crippen LogP contribution in [0.5, 0.6) is 0 Å². The number of ether oxygens (including phenoxy) is 1. The van der Waals surface area contributed by atoms with Crippen LogP contribution in [0.3, 0.4) is 0 Å². The van der Waals surface area contributed by atoms with Gasteiger partial charge in [0.1, 0.15) is 0 Å². The van der Waals surface area contributed by atoms with Crippen molar-refractivity contribution in [1.82, 2.24) is 10.2 Å². The van der Waals surface area contributed by atoms with Crippen molar-refractivity contribution in [3.63, 3.8) is 0 Å². The molecule has 2 heterocycles. The fraction of sp³-hybridized carbons (Fsp3) is 0.933. The lowest BCUT2D eigenvalue weighted by Gasteiger charge is -2.28. The summed E-state index contributed by atoms with van der Waals surface area (Å²) in [6, 6.07) is 0. The van der Waals surface area contributed by atoms with Crippen molar-refractivity contribution in [2.75, 3.05) is 32.7 Å². The molecular weight excluding hydrogens is 240 g/mol. The van der Waals surface area contributed by atoms with E-state index in [2.05, 4.69) is 24.1 Å². The maximum absolute atomic E-state index is 12.6. The minimum absolute atomic E-state index is 0.0266. The Morgan fingerprint density at radius 2 is 2.00 bits per heavy atom. The fourth-order valence-electron chi connectivity index (χ4n) is 3.45. The van der Waals surface area contributed by atoms with Crippen molar-refractivity contribution in [2.45, 2.75) is 51.7 Å². The molecule has 1 atom stereocenters. The van der Waals surface area contributed by atoms with E-state index < -0.39 is 0 Å². The molecule has 4 nitrogen and oxygen atoms in total. The number of rotatable bonds is 3. The molecule has 2 fully saturated rings. The molecule has 0 aliphatic carbocycles. The first-order valence-electron chi connectivity index (χ1n) is 7.46. The van der Waals surface area contributed by atoms with Crippen LogP contribution >= 0.6 is 0 Å². The quantitative estimate of drug-likeness (QED) is 0.841. The summed E-state index contributed by atoms with van der Waals surface area (Å²) in [6.07, 6.45) is 1.97. The van der Waals surface area contributed by atoms with Gasteiger partial charge in [-0.25, -0.2) is 0 Å². The Morgan fingerprint density at radius 3 is 2.63 bits per heavy atom. The van der Waals surface area contributed by atoms with Gasteiger partial charge >= 0.3 is 0 Å². The van der Waals surface area contributed by atoms with E-state index in [1.54, 1.807) is 0 Å². The molecule has 0 aromatic rings. The molecule has 4 heteroatoms. The Kier molecular flexibility index (Phi) is 4.33. The second-order valence-corrected chi connectivity index (χ2v) is 7.07. The van der Waals surface area contributed by atoms with Gasteiger partial charge in [-0.05, 0) is 53.6 Å². The number of carbonyl (C=O) groups is 1. The Balaban J connectivity index is 1.95. The molecule has 2 saturated heterocycles. The van der Waals surface area contributed by atoms with E-state index in [0.29, 0.717) is 12.3 Å². The van der Waals surface area contributed by atoms with Gasteiger partial charge in [0.05, 0.1) is 23.7 Å². The van der Waals surface area contributed by atoms with E-state index in [-0.39, 0.29) is 17.1 Å². The summed E-state index contributed by atoms with van der Waals surface area (Å²) < 4.78 is 6.03. The molecule has 0 bridgehead atoms. The van der Waals surface area contributed by atoms with Crippen molar-refractivity contribution in [2.24, 2.45) is 5.92 Å². The standard InChI is InChI=1S/C15H28N2O2/c1-14(2)10-12(15(3,4)19-14)13(18)11-17-8-5-6-16-7-9-17/h12,16H,5-11H2,1-4H3. The van der Waals surface area contributed by atoms with Gasteiger partial charge in [0.2, 0.25) is 0 Å². The monoisotopic (exact) mass is 268 g/mol. The Morgan fingerprint density at radius 1 is 1.26 bits per heavy atom. The third-order valence-corrected chi connectivity index (χ3v) is 4.28. The summed E-state index contributed by atoms with van der Waals surface area (Å²) in [6.45, 7) is 12.9. The van der Waals surface area contributed by atoms with Crippen LogP contribution in [-0.4, -0.2) is 54.6 Å². The highest BCUT2D eigenvalue weighted by molar-refractivity contribution is 5.84. The maximum Gasteiger partial charge on any atom is 0.152 e. The summed E-state index contributed by atoms with van der Waals surface area (Å²) in [7, 11) is 0. The molecule has 0 aromatic carbocycles. The molecule has 0 amide bonds. The second-order valence-electron chi connectivity index (χ2n) is 7.07. The molecule has 0 radical (unpaired) electrons. The van der Waals surface area contributed by atoms with Gasteiger partial charge in [0.25, 0.3) is 0 Å². The molecule has 0 saturated carbocycles. The summed E-state index contributed by atoms with van der Waals surface area (Å²) >= 11 is 0. The topological polar surface area (TPSA) is 41.6 Å². The number of ketones is 1. The highest BCUT2D eigenvalue weighted by Crippen LogP contribution is 2.42. The van der Waals surface area contributed by atoms with Crippen LogP contribution in [0, 0.1) is 5.92 Å². The lowest BCUT2D eigenvalue weighted by Crippen LogP contribution is -2.41. The van der Waals surface area contributed by atoms with Crippen LogP contribution in [0.2, 0.25) is 0 Å². The van der Waals surface area contributed by atoms with Crippen molar-refractivity contribution in [1.29, 1.82) is 0 Å². The number of nitrogens with zero attached hydrogens (tertiary/aromatic N) is 1. The first-order chi connectivity index (χ1) is 8.80. The number of hydrogen-bond donors (Lipinski definition) is 1. The molecule has 110 valence electrons. The van der Waals surface area contributed by atoms with Crippen molar-refractivity contribution in [3.8, 4) is 0 Å². The first-order valence-corrected chi connectivity index (χ1v) is 7.46. The fourth-order valence-corrected chi connectivity index (χ4v) is 3.45. The average molecular weight is 268 g/mol. The van der Waals surface area contributed by atoms with E-state index in [4.69, 9.17) is 4.74 Å². The Bertz CT molecular complexity index is 331. The SMILES string of the molecule is CC1(C)CC(C(=O)CN2CCCNCC2)C(C)(C)O1. The largest absolute Gasteiger partial charge is 0.369 e. The van der Waals surface area contributed by atoms with Gasteiger partial charge in [-0.3, -0.25) is 9.69 Å². The van der Waals surface area contributed by atoms with Gasteiger partial charge < -0.3 is 10.1 Å². The summed E-state index contributed by atoms with van der Waals surface area (Å²) in [5.74, 6) is 0.371. The smallest absolute Gasteiger partial charge is 0.152 e. The van der Waals surface area contributed by atoms with E-state index in [1.807, 2.05) is 13.8 Å². The number of hydrogen-bond acceptors (Lipinski definition) is 4. The second kappa shape index (κ2) is 5.51. The highest BCUT2D eigenvalue weighted by atomic mass is 16.5. The van der Waals surface area contributed by atoms with Crippen molar-refractivity contribution in [3.05, 3.63) is 0 Å². The number of carbonyl (C=O) groups excluding carboxylic acids is 1. The third kappa shape index (κ3) is 3.77. The predicted molar refractivity (Wildman–Crippen MR) is 76.3 cm³/mol. The molecule has 1 unspecified atom stereocenters. The molecule has 0 aromatic heterocycles. The molecule has 2 aliphatic heterocycles. The van der Waals surface area contributed by atoms with Gasteiger partial charge in [0.15, 0.2) is 5.78 Å². The molecule has 2 rings (SSSR count). The van der Waals surface area contributed by atoms with Crippen LogP contribution in [0.1, 0.15) is 40.5 Å². The molecular formula is C15H28N2O2. The van der Waals surface area contributed by atoms with E-state index >= 15 is 0 Å². The van der Waals surface area contributed by atoms with Gasteiger partial charge in [-0.1, -0.05) is 0 Å². The zero-order valence-corrected chi connectivity index (χ0v) is 12.8. The first kappa shape index (κ1) is 14.9. The molecule has 2 aliphatic rings. The van der Waals surface area contributed by atoms with Crippen LogP contribution in [-0.2, 0) is 9.53 Å². The normalized spacial score (nSPS) is 31.1. The third-order valence-electron chi connectivity index (χ3n) is 4.28. The van der Waals surface area contributed by atoms with Crippen LogP contribution in [0.4, 0.5) is 0 Å². The highest BCUT2D eigenvalue weighted by Gasteiger charge is 2.49. The lowest BCUT2D eigenvalue weighted by molar-refractivity contribution is -0.130. The van der Waals surface area contributed by atoms with Crippen LogP contribution in [0.25, 0.3) is 0 Å². The minimum atomic E-state index is -0.329. The van der Waals surface area contributed by atoms with E-state index in [9.17, 15) is 4.79 Å². The van der Waals surface area contributed by atoms with Gasteiger partial charge in [0, 0.05) is 13.1 Å². The van der Waals surface area contributed by atoms with Crippen LogP contribution < -0.4 is 5.32 Å². The van der Waals surface area contributed by atoms with Gasteiger partial charge in [-0.2, -0.15) is 0 Å². The predicted octanol–water partition coefficient (Wildman–Crippen LogP) is 1.44.